The van der Waals surface area contributed by atoms with E-state index in [1.165, 1.54) is 16.1 Å². The van der Waals surface area contributed by atoms with Crippen LogP contribution in [-0.4, -0.2) is 30.0 Å². The molecule has 2 aromatic rings. The number of aromatic amines is 1. The summed E-state index contributed by atoms with van der Waals surface area (Å²) in [5.41, 5.74) is 7.91. The van der Waals surface area contributed by atoms with E-state index in [0.29, 0.717) is 0 Å². The maximum Gasteiger partial charge on any atom is 0.248 e. The van der Waals surface area contributed by atoms with Crippen LogP contribution in [0.3, 0.4) is 0 Å². The number of aromatic nitrogens is 2. The third-order valence-electron chi connectivity index (χ3n) is 3.83. The highest BCUT2D eigenvalue weighted by Crippen LogP contribution is 2.37. The third kappa shape index (κ3) is 1.90. The molecule has 0 radical (unpaired) electrons. The second kappa shape index (κ2) is 4.60. The number of aryl methyl sites for hydroxylation is 1. The van der Waals surface area contributed by atoms with Gasteiger partial charge in [0.25, 0.3) is 0 Å². The fourth-order valence-electron chi connectivity index (χ4n) is 2.73. The highest BCUT2D eigenvalue weighted by atomic mass is 32.2. The van der Waals surface area contributed by atoms with Crippen molar-refractivity contribution in [3.63, 3.8) is 0 Å². The van der Waals surface area contributed by atoms with Gasteiger partial charge in [0.15, 0.2) is 0 Å². The fourth-order valence-corrected chi connectivity index (χ4v) is 4.10. The maximum absolute atomic E-state index is 12.6. The molecule has 0 fully saturated rings. The predicted octanol–water partition coefficient (Wildman–Crippen LogP) is 1.30. The molecule has 1 aromatic carbocycles. The van der Waals surface area contributed by atoms with E-state index < -0.39 is 10.0 Å². The Kier molecular flexibility index (Phi) is 3.02. The van der Waals surface area contributed by atoms with E-state index in [0.717, 1.165) is 18.4 Å². The SMILES string of the molecule is CN(C1CCc2ccccc21)S(=O)(=O)c1cn[nH]c1N. The zero-order valence-corrected chi connectivity index (χ0v) is 11.9. The van der Waals surface area contributed by atoms with E-state index in [1.807, 2.05) is 24.3 Å². The average Bonchev–Trinajstić information content (AvgIpc) is 3.04. The van der Waals surface area contributed by atoms with Crippen molar-refractivity contribution in [3.05, 3.63) is 41.6 Å². The number of hydrogen-bond donors (Lipinski definition) is 2. The number of benzene rings is 1. The zero-order chi connectivity index (χ0) is 14.3. The predicted molar refractivity (Wildman–Crippen MR) is 75.5 cm³/mol. The molecule has 0 aliphatic heterocycles. The van der Waals surface area contributed by atoms with Gasteiger partial charge in [-0.2, -0.15) is 9.40 Å². The summed E-state index contributed by atoms with van der Waals surface area (Å²) in [6, 6.07) is 7.79. The van der Waals surface area contributed by atoms with Gasteiger partial charge < -0.3 is 5.73 Å². The molecular formula is C13H16N4O2S. The number of anilines is 1. The minimum atomic E-state index is -3.64. The zero-order valence-electron chi connectivity index (χ0n) is 11.1. The molecule has 1 aliphatic carbocycles. The second-order valence-corrected chi connectivity index (χ2v) is 6.89. The summed E-state index contributed by atoms with van der Waals surface area (Å²) in [5, 5.41) is 6.15. The Morgan fingerprint density at radius 2 is 2.15 bits per heavy atom. The molecule has 106 valence electrons. The summed E-state index contributed by atoms with van der Waals surface area (Å²) in [6.07, 6.45) is 2.93. The molecule has 1 aliphatic rings. The quantitative estimate of drug-likeness (QED) is 0.892. The molecule has 0 bridgehead atoms. The lowest BCUT2D eigenvalue weighted by Gasteiger charge is -2.24. The Morgan fingerprint density at radius 1 is 1.40 bits per heavy atom. The van der Waals surface area contributed by atoms with E-state index in [1.54, 1.807) is 7.05 Å². The normalized spacial score (nSPS) is 18.4. The number of hydrogen-bond acceptors (Lipinski definition) is 4. The highest BCUT2D eigenvalue weighted by Gasteiger charge is 2.34. The van der Waals surface area contributed by atoms with Gasteiger partial charge in [0, 0.05) is 7.05 Å². The number of nitrogens with one attached hydrogen (secondary N) is 1. The Balaban J connectivity index is 1.99. The first-order valence-electron chi connectivity index (χ1n) is 6.36. The van der Waals surface area contributed by atoms with E-state index >= 15 is 0 Å². The van der Waals surface area contributed by atoms with E-state index in [-0.39, 0.29) is 16.8 Å². The molecule has 20 heavy (non-hydrogen) atoms. The lowest BCUT2D eigenvalue weighted by atomic mass is 10.1. The van der Waals surface area contributed by atoms with Gasteiger partial charge in [0.2, 0.25) is 10.0 Å². The number of H-pyrrole nitrogens is 1. The summed E-state index contributed by atoms with van der Waals surface area (Å²) in [6.45, 7) is 0. The molecule has 3 rings (SSSR count). The van der Waals surface area contributed by atoms with Crippen molar-refractivity contribution in [2.75, 3.05) is 12.8 Å². The standard InChI is InChI=1S/C13H16N4O2S/c1-17(20(18,19)12-8-15-16-13(12)14)11-7-6-9-4-2-3-5-10(9)11/h2-5,8,11H,6-7H2,1H3,(H3,14,15,16). The van der Waals surface area contributed by atoms with Crippen molar-refractivity contribution in [2.45, 2.75) is 23.8 Å². The third-order valence-corrected chi connectivity index (χ3v) is 5.72. The molecule has 6 nitrogen and oxygen atoms in total. The first-order chi connectivity index (χ1) is 9.51. The van der Waals surface area contributed by atoms with Crippen LogP contribution in [-0.2, 0) is 16.4 Å². The lowest BCUT2D eigenvalue weighted by Crippen LogP contribution is -2.30. The summed E-state index contributed by atoms with van der Waals surface area (Å²) < 4.78 is 26.6. The van der Waals surface area contributed by atoms with Gasteiger partial charge >= 0.3 is 0 Å². The second-order valence-electron chi connectivity index (χ2n) is 4.92. The monoisotopic (exact) mass is 292 g/mol. The van der Waals surface area contributed by atoms with Crippen molar-refractivity contribution < 1.29 is 8.42 Å². The van der Waals surface area contributed by atoms with Crippen LogP contribution in [0, 0.1) is 0 Å². The van der Waals surface area contributed by atoms with Crippen LogP contribution in [0.2, 0.25) is 0 Å². The van der Waals surface area contributed by atoms with Crippen molar-refractivity contribution in [2.24, 2.45) is 0 Å². The molecule has 7 heteroatoms. The first kappa shape index (κ1) is 13.1. The summed E-state index contributed by atoms with van der Waals surface area (Å²) in [5.74, 6) is 0.0723. The lowest BCUT2D eigenvalue weighted by molar-refractivity contribution is 0.374. The molecule has 3 N–H and O–H groups in total. The van der Waals surface area contributed by atoms with Crippen molar-refractivity contribution in [1.29, 1.82) is 0 Å². The average molecular weight is 292 g/mol. The van der Waals surface area contributed by atoms with Gasteiger partial charge in [0.1, 0.15) is 10.7 Å². The van der Waals surface area contributed by atoms with Crippen molar-refractivity contribution in [3.8, 4) is 0 Å². The maximum atomic E-state index is 12.6. The molecular weight excluding hydrogens is 276 g/mol. The summed E-state index contributed by atoms with van der Waals surface area (Å²) >= 11 is 0. The molecule has 1 aromatic heterocycles. The smallest absolute Gasteiger partial charge is 0.248 e. The molecule has 0 amide bonds. The van der Waals surface area contributed by atoms with E-state index in [4.69, 9.17) is 5.73 Å². The molecule has 1 unspecified atom stereocenters. The number of rotatable bonds is 3. The number of fused-ring (bicyclic) bond motifs is 1. The summed E-state index contributed by atoms with van der Waals surface area (Å²) in [4.78, 5) is 0.0318. The molecule has 0 spiro atoms. The van der Waals surface area contributed by atoms with Gasteiger partial charge in [0.05, 0.1) is 12.2 Å². The molecule has 1 atom stereocenters. The molecule has 0 saturated carbocycles. The van der Waals surface area contributed by atoms with Crippen LogP contribution < -0.4 is 5.73 Å². The highest BCUT2D eigenvalue weighted by molar-refractivity contribution is 7.89. The van der Waals surface area contributed by atoms with Crippen LogP contribution in [0.1, 0.15) is 23.6 Å². The minimum absolute atomic E-state index is 0.0318. The Morgan fingerprint density at radius 3 is 2.85 bits per heavy atom. The number of nitrogens with zero attached hydrogens (tertiary/aromatic N) is 2. The Bertz CT molecular complexity index is 738. The van der Waals surface area contributed by atoms with Crippen LogP contribution >= 0.6 is 0 Å². The van der Waals surface area contributed by atoms with Crippen molar-refractivity contribution in [1.82, 2.24) is 14.5 Å². The van der Waals surface area contributed by atoms with E-state index in [9.17, 15) is 8.42 Å². The van der Waals surface area contributed by atoms with Gasteiger partial charge in [-0.1, -0.05) is 24.3 Å². The van der Waals surface area contributed by atoms with Crippen LogP contribution in [0.25, 0.3) is 0 Å². The van der Waals surface area contributed by atoms with Gasteiger partial charge in [-0.3, -0.25) is 5.10 Å². The van der Waals surface area contributed by atoms with Gasteiger partial charge in [-0.15, -0.1) is 0 Å². The number of nitrogen functional groups attached to an aromatic ring is 1. The number of nitrogens with two attached hydrogens (primary N) is 1. The largest absolute Gasteiger partial charge is 0.383 e. The minimum Gasteiger partial charge on any atom is -0.383 e. The first-order valence-corrected chi connectivity index (χ1v) is 7.80. The topological polar surface area (TPSA) is 92.1 Å². The van der Waals surface area contributed by atoms with Crippen LogP contribution in [0.15, 0.2) is 35.4 Å². The molecule has 0 saturated heterocycles. The van der Waals surface area contributed by atoms with Crippen molar-refractivity contribution >= 4 is 15.8 Å². The van der Waals surface area contributed by atoms with Gasteiger partial charge in [-0.25, -0.2) is 8.42 Å². The van der Waals surface area contributed by atoms with Gasteiger partial charge in [-0.05, 0) is 24.0 Å². The summed E-state index contributed by atoms with van der Waals surface area (Å²) in [7, 11) is -2.05. The van der Waals surface area contributed by atoms with E-state index in [2.05, 4.69) is 10.2 Å². The Hall–Kier alpha value is -1.86. The number of sulfonamides is 1. The van der Waals surface area contributed by atoms with Crippen LogP contribution in [0.4, 0.5) is 5.82 Å². The molecule has 1 heterocycles. The fraction of sp³-hybridized carbons (Fsp3) is 0.308. The Labute approximate surface area is 117 Å². The van der Waals surface area contributed by atoms with Crippen LogP contribution in [0.5, 0.6) is 0 Å².